The molecule has 1 saturated heterocycles. The van der Waals surface area contributed by atoms with Gasteiger partial charge in [-0.15, -0.1) is 0 Å². The lowest BCUT2D eigenvalue weighted by atomic mass is 10.0. The molecule has 3 heteroatoms. The van der Waals surface area contributed by atoms with E-state index in [0.29, 0.717) is 6.54 Å². The second kappa shape index (κ2) is 4.64. The maximum absolute atomic E-state index is 6.17. The van der Waals surface area contributed by atoms with Crippen LogP contribution in [0.3, 0.4) is 0 Å². The number of rotatable bonds is 2. The van der Waals surface area contributed by atoms with Gasteiger partial charge in [0.15, 0.2) is 0 Å². The highest BCUT2D eigenvalue weighted by Crippen LogP contribution is 2.32. The third-order valence-electron chi connectivity index (χ3n) is 3.63. The summed E-state index contributed by atoms with van der Waals surface area (Å²) >= 11 is 6.17. The lowest BCUT2D eigenvalue weighted by Crippen LogP contribution is -2.21. The van der Waals surface area contributed by atoms with Gasteiger partial charge < -0.3 is 10.6 Å². The maximum Gasteiger partial charge on any atom is 0.0471 e. The molecule has 2 nitrogen and oxygen atoms in total. The van der Waals surface area contributed by atoms with Gasteiger partial charge in [0.05, 0.1) is 0 Å². The van der Waals surface area contributed by atoms with E-state index < -0.39 is 0 Å². The minimum atomic E-state index is 0.508. The van der Waals surface area contributed by atoms with Gasteiger partial charge in [0, 0.05) is 35.9 Å². The minimum Gasteiger partial charge on any atom is -0.371 e. The molecule has 2 N–H and O–H groups in total. The first-order valence-electron chi connectivity index (χ1n) is 5.86. The molecule has 2 atom stereocenters. The van der Waals surface area contributed by atoms with Gasteiger partial charge in [0.25, 0.3) is 0 Å². The van der Waals surface area contributed by atoms with Crippen LogP contribution in [0.2, 0.25) is 5.02 Å². The molecule has 0 saturated carbocycles. The molecule has 0 amide bonds. The molecule has 0 aliphatic carbocycles. The zero-order chi connectivity index (χ0) is 11.7. The van der Waals surface area contributed by atoms with Gasteiger partial charge in [-0.25, -0.2) is 0 Å². The van der Waals surface area contributed by atoms with Crippen molar-refractivity contribution in [1.82, 2.24) is 0 Å². The van der Waals surface area contributed by atoms with Crippen LogP contribution in [0.1, 0.15) is 19.4 Å². The van der Waals surface area contributed by atoms with Crippen LogP contribution >= 0.6 is 11.6 Å². The Labute approximate surface area is 102 Å². The largest absolute Gasteiger partial charge is 0.371 e. The van der Waals surface area contributed by atoms with Crippen LogP contribution in [0.15, 0.2) is 18.2 Å². The zero-order valence-electron chi connectivity index (χ0n) is 9.91. The molecular weight excluding hydrogens is 220 g/mol. The summed E-state index contributed by atoms with van der Waals surface area (Å²) in [6.07, 6.45) is 0. The van der Waals surface area contributed by atoms with Crippen molar-refractivity contribution < 1.29 is 0 Å². The Balaban J connectivity index is 2.31. The lowest BCUT2D eigenvalue weighted by molar-refractivity contribution is 0.494. The van der Waals surface area contributed by atoms with Gasteiger partial charge in [-0.3, -0.25) is 0 Å². The first-order chi connectivity index (χ1) is 7.63. The van der Waals surface area contributed by atoms with E-state index in [9.17, 15) is 0 Å². The number of hydrogen-bond donors (Lipinski definition) is 1. The number of nitrogens with two attached hydrogens (primary N) is 1. The molecule has 1 aliphatic heterocycles. The molecule has 16 heavy (non-hydrogen) atoms. The Morgan fingerprint density at radius 2 is 1.94 bits per heavy atom. The van der Waals surface area contributed by atoms with Gasteiger partial charge in [0.2, 0.25) is 0 Å². The monoisotopic (exact) mass is 238 g/mol. The van der Waals surface area contributed by atoms with E-state index in [-0.39, 0.29) is 0 Å². The van der Waals surface area contributed by atoms with Crippen molar-refractivity contribution in [3.63, 3.8) is 0 Å². The second-order valence-electron chi connectivity index (χ2n) is 4.80. The average Bonchev–Trinajstić information content (AvgIpc) is 2.59. The SMILES string of the molecule is CC1CN(c2cccc(Cl)c2CN)CC1C. The van der Waals surface area contributed by atoms with E-state index in [0.717, 1.165) is 35.5 Å². The van der Waals surface area contributed by atoms with Gasteiger partial charge in [-0.05, 0) is 24.0 Å². The normalized spacial score (nSPS) is 25.1. The molecule has 2 unspecified atom stereocenters. The Hall–Kier alpha value is -0.730. The summed E-state index contributed by atoms with van der Waals surface area (Å²) in [5, 5.41) is 0.784. The molecule has 88 valence electrons. The van der Waals surface area contributed by atoms with Crippen molar-refractivity contribution in [3.05, 3.63) is 28.8 Å². The summed E-state index contributed by atoms with van der Waals surface area (Å²) in [6.45, 7) is 7.33. The molecule has 1 aliphatic rings. The number of halogens is 1. The Morgan fingerprint density at radius 1 is 1.31 bits per heavy atom. The highest BCUT2D eigenvalue weighted by atomic mass is 35.5. The first-order valence-corrected chi connectivity index (χ1v) is 6.23. The summed E-state index contributed by atoms with van der Waals surface area (Å²) in [5.74, 6) is 1.48. The van der Waals surface area contributed by atoms with Crippen molar-refractivity contribution in [3.8, 4) is 0 Å². The van der Waals surface area contributed by atoms with Crippen LogP contribution in [-0.4, -0.2) is 13.1 Å². The predicted octanol–water partition coefficient (Wildman–Crippen LogP) is 2.89. The van der Waals surface area contributed by atoms with Crippen LogP contribution in [0.5, 0.6) is 0 Å². The molecule has 1 aromatic rings. The summed E-state index contributed by atoms with van der Waals surface area (Å²) in [6, 6.07) is 6.04. The zero-order valence-corrected chi connectivity index (χ0v) is 10.7. The fraction of sp³-hybridized carbons (Fsp3) is 0.538. The molecule has 0 spiro atoms. The summed E-state index contributed by atoms with van der Waals surface area (Å²) in [4.78, 5) is 2.41. The standard InChI is InChI=1S/C13H19ClN2/c1-9-7-16(8-10(9)2)13-5-3-4-12(14)11(13)6-15/h3-5,9-10H,6-8,15H2,1-2H3. The number of nitrogens with zero attached hydrogens (tertiary/aromatic N) is 1. The molecule has 1 fully saturated rings. The van der Waals surface area contributed by atoms with Crippen LogP contribution in [0, 0.1) is 11.8 Å². The van der Waals surface area contributed by atoms with Crippen molar-refractivity contribution in [2.24, 2.45) is 17.6 Å². The van der Waals surface area contributed by atoms with Crippen LogP contribution < -0.4 is 10.6 Å². The maximum atomic E-state index is 6.17. The van der Waals surface area contributed by atoms with Gasteiger partial charge in [-0.2, -0.15) is 0 Å². The van der Waals surface area contributed by atoms with Crippen molar-refractivity contribution >= 4 is 17.3 Å². The molecule has 0 bridgehead atoms. The molecular formula is C13H19ClN2. The third-order valence-corrected chi connectivity index (χ3v) is 3.98. The molecule has 1 heterocycles. The fourth-order valence-electron chi connectivity index (χ4n) is 2.37. The first kappa shape index (κ1) is 11.7. The summed E-state index contributed by atoms with van der Waals surface area (Å²) in [7, 11) is 0. The lowest BCUT2D eigenvalue weighted by Gasteiger charge is -2.22. The van der Waals surface area contributed by atoms with E-state index in [1.165, 1.54) is 5.69 Å². The minimum absolute atomic E-state index is 0.508. The summed E-state index contributed by atoms with van der Waals surface area (Å²) in [5.41, 5.74) is 8.07. The highest BCUT2D eigenvalue weighted by Gasteiger charge is 2.27. The van der Waals surface area contributed by atoms with Crippen LogP contribution in [0.4, 0.5) is 5.69 Å². The topological polar surface area (TPSA) is 29.3 Å². The fourth-order valence-corrected chi connectivity index (χ4v) is 2.62. The highest BCUT2D eigenvalue weighted by molar-refractivity contribution is 6.31. The molecule has 2 rings (SSSR count). The summed E-state index contributed by atoms with van der Waals surface area (Å²) < 4.78 is 0. The predicted molar refractivity (Wildman–Crippen MR) is 69.9 cm³/mol. The van der Waals surface area contributed by atoms with E-state index in [1.807, 2.05) is 12.1 Å². The third kappa shape index (κ3) is 2.04. The quantitative estimate of drug-likeness (QED) is 0.859. The number of anilines is 1. The second-order valence-corrected chi connectivity index (χ2v) is 5.21. The van der Waals surface area contributed by atoms with E-state index >= 15 is 0 Å². The smallest absolute Gasteiger partial charge is 0.0471 e. The molecule has 1 aromatic carbocycles. The van der Waals surface area contributed by atoms with Crippen molar-refractivity contribution in [1.29, 1.82) is 0 Å². The average molecular weight is 239 g/mol. The van der Waals surface area contributed by atoms with E-state index in [4.69, 9.17) is 17.3 Å². The van der Waals surface area contributed by atoms with Gasteiger partial charge >= 0.3 is 0 Å². The van der Waals surface area contributed by atoms with E-state index in [1.54, 1.807) is 0 Å². The van der Waals surface area contributed by atoms with Crippen molar-refractivity contribution in [2.45, 2.75) is 20.4 Å². The van der Waals surface area contributed by atoms with Gasteiger partial charge in [-0.1, -0.05) is 31.5 Å². The number of hydrogen-bond acceptors (Lipinski definition) is 2. The van der Waals surface area contributed by atoms with Crippen molar-refractivity contribution in [2.75, 3.05) is 18.0 Å². The van der Waals surface area contributed by atoms with Crippen LogP contribution in [0.25, 0.3) is 0 Å². The Kier molecular flexibility index (Phi) is 3.41. The molecule has 0 aromatic heterocycles. The molecule has 0 radical (unpaired) electrons. The Bertz CT molecular complexity index is 368. The van der Waals surface area contributed by atoms with E-state index in [2.05, 4.69) is 24.8 Å². The Morgan fingerprint density at radius 3 is 2.50 bits per heavy atom. The van der Waals surface area contributed by atoms with Crippen LogP contribution in [-0.2, 0) is 6.54 Å². The number of benzene rings is 1. The van der Waals surface area contributed by atoms with Gasteiger partial charge in [0.1, 0.15) is 0 Å².